The highest BCUT2D eigenvalue weighted by molar-refractivity contribution is 8.01. The van der Waals surface area contributed by atoms with E-state index in [1.54, 1.807) is 16.7 Å². The zero-order valence-corrected chi connectivity index (χ0v) is 15.9. The zero-order valence-electron chi connectivity index (χ0n) is 13.5. The summed E-state index contributed by atoms with van der Waals surface area (Å²) in [6.45, 7) is 2.04. The number of amides is 2. The lowest BCUT2D eigenvalue weighted by Gasteiger charge is -2.29. The molecule has 25 heavy (non-hydrogen) atoms. The van der Waals surface area contributed by atoms with E-state index in [9.17, 15) is 9.59 Å². The molecule has 0 spiro atoms. The highest BCUT2D eigenvalue weighted by Gasteiger charge is 2.52. The molecular weight excluding hydrogens is 378 g/mol. The van der Waals surface area contributed by atoms with Crippen LogP contribution in [-0.2, 0) is 9.59 Å². The van der Waals surface area contributed by atoms with E-state index in [4.69, 9.17) is 11.6 Å². The minimum Gasteiger partial charge on any atom is -0.315 e. The van der Waals surface area contributed by atoms with Crippen LogP contribution in [-0.4, -0.2) is 38.4 Å². The van der Waals surface area contributed by atoms with Crippen LogP contribution in [0.4, 0.5) is 5.13 Å². The van der Waals surface area contributed by atoms with E-state index < -0.39 is 6.04 Å². The number of benzene rings is 1. The Kier molecular flexibility index (Phi) is 4.25. The summed E-state index contributed by atoms with van der Waals surface area (Å²) in [6, 6.07) is 6.98. The van der Waals surface area contributed by atoms with E-state index in [2.05, 4.69) is 10.3 Å². The topological polar surface area (TPSA) is 62.3 Å². The third-order valence-corrected chi connectivity index (χ3v) is 7.14. The van der Waals surface area contributed by atoms with Gasteiger partial charge >= 0.3 is 0 Å². The first-order valence-corrected chi connectivity index (χ1v) is 10.2. The molecule has 3 heterocycles. The number of carbonyl (C=O) groups is 2. The van der Waals surface area contributed by atoms with Crippen molar-refractivity contribution in [1.82, 2.24) is 9.88 Å². The van der Waals surface area contributed by atoms with Crippen LogP contribution in [0.3, 0.4) is 0 Å². The molecule has 2 fully saturated rings. The van der Waals surface area contributed by atoms with Gasteiger partial charge in [-0.15, -0.1) is 23.1 Å². The van der Waals surface area contributed by atoms with Crippen LogP contribution in [0.1, 0.15) is 19.8 Å². The van der Waals surface area contributed by atoms with Gasteiger partial charge in [0.1, 0.15) is 6.04 Å². The number of nitrogens with zero attached hydrogens (tertiary/aromatic N) is 2. The predicted molar refractivity (Wildman–Crippen MR) is 102 cm³/mol. The number of thiazole rings is 1. The van der Waals surface area contributed by atoms with Gasteiger partial charge in [-0.2, -0.15) is 0 Å². The van der Waals surface area contributed by atoms with Gasteiger partial charge in [0.15, 0.2) is 5.13 Å². The number of anilines is 1. The van der Waals surface area contributed by atoms with Crippen molar-refractivity contribution in [3.05, 3.63) is 34.7 Å². The number of carbonyl (C=O) groups excluding carboxylic acids is 2. The fourth-order valence-electron chi connectivity index (χ4n) is 3.29. The second kappa shape index (κ2) is 6.30. The maximum atomic E-state index is 12.7. The Balaban J connectivity index is 1.49. The van der Waals surface area contributed by atoms with Gasteiger partial charge in [-0.1, -0.05) is 23.7 Å². The van der Waals surface area contributed by atoms with Crippen LogP contribution < -0.4 is 5.32 Å². The summed E-state index contributed by atoms with van der Waals surface area (Å²) in [5.41, 5.74) is 1.74. The SMILES string of the molecule is C[C@@]12CCC(=O)N1[C@H](C(=O)Nc1nc(-c3ccc(Cl)cc3)cs1)CS2. The number of rotatable bonds is 3. The molecule has 0 bridgehead atoms. The lowest BCUT2D eigenvalue weighted by molar-refractivity contribution is -0.135. The number of thioether (sulfide) groups is 1. The van der Waals surface area contributed by atoms with Gasteiger partial charge in [-0.25, -0.2) is 4.98 Å². The van der Waals surface area contributed by atoms with Crippen molar-refractivity contribution in [3.8, 4) is 11.3 Å². The summed E-state index contributed by atoms with van der Waals surface area (Å²) in [5.74, 6) is 0.529. The Morgan fingerprint density at radius 2 is 2.16 bits per heavy atom. The average Bonchev–Trinajstić information content (AvgIpc) is 3.25. The first kappa shape index (κ1) is 16.9. The van der Waals surface area contributed by atoms with Gasteiger partial charge in [0.05, 0.1) is 10.6 Å². The first-order valence-electron chi connectivity index (χ1n) is 7.95. The van der Waals surface area contributed by atoms with Crippen LogP contribution >= 0.6 is 34.7 Å². The Morgan fingerprint density at radius 3 is 2.92 bits per heavy atom. The summed E-state index contributed by atoms with van der Waals surface area (Å²) >= 11 is 8.96. The van der Waals surface area contributed by atoms with E-state index >= 15 is 0 Å². The third kappa shape index (κ3) is 3.05. The van der Waals surface area contributed by atoms with Crippen molar-refractivity contribution in [1.29, 1.82) is 0 Å². The fourth-order valence-corrected chi connectivity index (χ4v) is 5.57. The van der Waals surface area contributed by atoms with Crippen molar-refractivity contribution >= 4 is 51.6 Å². The smallest absolute Gasteiger partial charge is 0.249 e. The van der Waals surface area contributed by atoms with Crippen LogP contribution in [0.2, 0.25) is 5.02 Å². The van der Waals surface area contributed by atoms with Crippen LogP contribution in [0.5, 0.6) is 0 Å². The quantitative estimate of drug-likeness (QED) is 0.860. The summed E-state index contributed by atoms with van der Waals surface area (Å²) in [6.07, 6.45) is 1.32. The van der Waals surface area contributed by atoms with Crippen LogP contribution in [0, 0.1) is 0 Å². The number of aromatic nitrogens is 1. The van der Waals surface area contributed by atoms with E-state index in [1.807, 2.05) is 36.6 Å². The number of hydrogen-bond donors (Lipinski definition) is 1. The lowest BCUT2D eigenvalue weighted by atomic mass is 10.2. The fraction of sp³-hybridized carbons (Fsp3) is 0.353. The average molecular weight is 394 g/mol. The molecule has 1 aromatic carbocycles. The molecule has 2 atom stereocenters. The van der Waals surface area contributed by atoms with Crippen molar-refractivity contribution in [2.45, 2.75) is 30.7 Å². The number of nitrogens with one attached hydrogen (secondary N) is 1. The highest BCUT2D eigenvalue weighted by Crippen LogP contribution is 2.47. The number of hydrogen-bond acceptors (Lipinski definition) is 5. The lowest BCUT2D eigenvalue weighted by Crippen LogP contribution is -2.48. The van der Waals surface area contributed by atoms with E-state index in [-0.39, 0.29) is 16.7 Å². The van der Waals surface area contributed by atoms with Gasteiger partial charge < -0.3 is 10.2 Å². The van der Waals surface area contributed by atoms with Gasteiger partial charge in [-0.05, 0) is 25.5 Å². The Hall–Kier alpha value is -1.57. The molecule has 0 saturated carbocycles. The maximum absolute atomic E-state index is 12.7. The molecule has 4 rings (SSSR count). The number of fused-ring (bicyclic) bond motifs is 1. The molecule has 2 saturated heterocycles. The Bertz CT molecular complexity index is 839. The highest BCUT2D eigenvalue weighted by atomic mass is 35.5. The van der Waals surface area contributed by atoms with Crippen molar-refractivity contribution in [3.63, 3.8) is 0 Å². The van der Waals surface area contributed by atoms with Gasteiger partial charge in [0.25, 0.3) is 0 Å². The molecule has 8 heteroatoms. The van der Waals surface area contributed by atoms with Gasteiger partial charge in [0, 0.05) is 28.1 Å². The second-order valence-corrected chi connectivity index (χ2v) is 9.10. The summed E-state index contributed by atoms with van der Waals surface area (Å²) < 4.78 is 0. The minimum atomic E-state index is -0.423. The molecule has 0 aliphatic carbocycles. The molecule has 2 amide bonds. The normalized spacial score (nSPS) is 25.3. The Morgan fingerprint density at radius 1 is 1.40 bits per heavy atom. The monoisotopic (exact) mass is 393 g/mol. The molecular formula is C17H16ClN3O2S2. The van der Waals surface area contributed by atoms with Gasteiger partial charge in [-0.3, -0.25) is 9.59 Å². The molecule has 0 unspecified atom stereocenters. The standard InChI is InChI=1S/C17H16ClN3O2S2/c1-17-7-6-14(22)21(17)13(9-25-17)15(23)20-16-19-12(8-24-16)10-2-4-11(18)5-3-10/h2-5,8,13H,6-7,9H2,1H3,(H,19,20,23)/t13-,17+/m0/s1. The molecule has 1 N–H and O–H groups in total. The largest absolute Gasteiger partial charge is 0.315 e. The van der Waals surface area contributed by atoms with Crippen molar-refractivity contribution < 1.29 is 9.59 Å². The van der Waals surface area contributed by atoms with E-state index in [0.29, 0.717) is 22.3 Å². The van der Waals surface area contributed by atoms with Crippen LogP contribution in [0.15, 0.2) is 29.6 Å². The zero-order chi connectivity index (χ0) is 17.6. The predicted octanol–water partition coefficient (Wildman–Crippen LogP) is 3.86. The van der Waals surface area contributed by atoms with Gasteiger partial charge in [0.2, 0.25) is 11.8 Å². The maximum Gasteiger partial charge on any atom is 0.249 e. The molecule has 130 valence electrons. The summed E-state index contributed by atoms with van der Waals surface area (Å²) in [5, 5.41) is 5.98. The summed E-state index contributed by atoms with van der Waals surface area (Å²) in [7, 11) is 0. The molecule has 0 radical (unpaired) electrons. The van der Waals surface area contributed by atoms with Crippen molar-refractivity contribution in [2.24, 2.45) is 0 Å². The van der Waals surface area contributed by atoms with Crippen molar-refractivity contribution in [2.75, 3.05) is 11.1 Å². The van der Waals surface area contributed by atoms with E-state index in [0.717, 1.165) is 17.7 Å². The van der Waals surface area contributed by atoms with E-state index in [1.165, 1.54) is 11.3 Å². The van der Waals surface area contributed by atoms with Crippen LogP contribution in [0.25, 0.3) is 11.3 Å². The molecule has 2 aliphatic rings. The second-order valence-electron chi connectivity index (χ2n) is 6.30. The molecule has 5 nitrogen and oxygen atoms in total. The third-order valence-electron chi connectivity index (χ3n) is 4.62. The minimum absolute atomic E-state index is 0.0636. The molecule has 1 aromatic heterocycles. The molecule has 2 aromatic rings. The summed E-state index contributed by atoms with van der Waals surface area (Å²) in [4.78, 5) is 30.8. The number of halogens is 1. The molecule has 2 aliphatic heterocycles. The Labute approximate surface area is 158 Å². The first-order chi connectivity index (χ1) is 12.0.